The number of thiophene rings is 1. The average Bonchev–Trinajstić information content (AvgIpc) is 2.85. The first-order valence-corrected chi connectivity index (χ1v) is 8.22. The highest BCUT2D eigenvalue weighted by molar-refractivity contribution is 7.16. The van der Waals surface area contributed by atoms with Crippen molar-refractivity contribution >= 4 is 22.2 Å². The molecule has 2 aliphatic heterocycles. The van der Waals surface area contributed by atoms with Crippen molar-refractivity contribution in [1.29, 1.82) is 0 Å². The van der Waals surface area contributed by atoms with E-state index in [2.05, 4.69) is 17.7 Å². The van der Waals surface area contributed by atoms with Gasteiger partial charge in [0.2, 0.25) is 0 Å². The Hall–Kier alpha value is -1.92. The molecule has 4 rings (SSSR count). The van der Waals surface area contributed by atoms with Crippen molar-refractivity contribution in [2.24, 2.45) is 0 Å². The van der Waals surface area contributed by atoms with Crippen LogP contribution in [0.2, 0.25) is 0 Å². The number of hydrogen-bond acceptors (Lipinski definition) is 3. The molecule has 22 heavy (non-hydrogen) atoms. The molecule has 3 heterocycles. The van der Waals surface area contributed by atoms with E-state index in [9.17, 15) is 9.18 Å². The van der Waals surface area contributed by atoms with Gasteiger partial charge in [-0.2, -0.15) is 0 Å². The third-order valence-electron chi connectivity index (χ3n) is 4.34. The molecular formula is C16H17FN3OS+. The van der Waals surface area contributed by atoms with Crippen molar-refractivity contribution in [3.63, 3.8) is 0 Å². The van der Waals surface area contributed by atoms with Crippen LogP contribution in [-0.4, -0.2) is 19.5 Å². The maximum atomic E-state index is 13.1. The molecule has 0 radical (unpaired) electrons. The first kappa shape index (κ1) is 13.7. The van der Waals surface area contributed by atoms with Crippen LogP contribution >= 0.6 is 11.3 Å². The Balaban J connectivity index is 1.69. The second-order valence-corrected chi connectivity index (χ2v) is 7.05. The van der Waals surface area contributed by atoms with Gasteiger partial charge in [0.25, 0.3) is 5.91 Å². The molecule has 0 saturated carbocycles. The van der Waals surface area contributed by atoms with Gasteiger partial charge in [0.1, 0.15) is 23.5 Å². The molecule has 3 N–H and O–H groups in total. The second-order valence-electron chi connectivity index (χ2n) is 5.94. The molecule has 0 aliphatic carbocycles. The number of amides is 1. The molecule has 114 valence electrons. The van der Waals surface area contributed by atoms with E-state index in [4.69, 9.17) is 0 Å². The molecule has 1 unspecified atom stereocenters. The Kier molecular flexibility index (Phi) is 3.16. The van der Waals surface area contributed by atoms with Crippen molar-refractivity contribution in [1.82, 2.24) is 5.32 Å². The van der Waals surface area contributed by atoms with Crippen LogP contribution in [0.15, 0.2) is 24.3 Å². The highest BCUT2D eigenvalue weighted by Crippen LogP contribution is 2.38. The number of anilines is 1. The summed E-state index contributed by atoms with van der Waals surface area (Å²) in [6.45, 7) is 2.04. The van der Waals surface area contributed by atoms with Gasteiger partial charge in [0.05, 0.1) is 24.0 Å². The third-order valence-corrected chi connectivity index (χ3v) is 5.50. The average molecular weight is 318 g/mol. The Bertz CT molecular complexity index is 741. The van der Waals surface area contributed by atoms with Gasteiger partial charge in [0.15, 0.2) is 0 Å². The van der Waals surface area contributed by atoms with Gasteiger partial charge in [-0.1, -0.05) is 12.1 Å². The fourth-order valence-electron chi connectivity index (χ4n) is 3.15. The molecule has 1 aromatic heterocycles. The minimum absolute atomic E-state index is 0.0277. The van der Waals surface area contributed by atoms with E-state index in [-0.39, 0.29) is 17.9 Å². The van der Waals surface area contributed by atoms with E-state index >= 15 is 0 Å². The molecule has 1 amide bonds. The molecule has 2 aromatic rings. The number of quaternary nitrogens is 1. The highest BCUT2D eigenvalue weighted by Gasteiger charge is 2.33. The molecule has 2 aliphatic rings. The number of hydrogen-bond donors (Lipinski definition) is 3. The van der Waals surface area contributed by atoms with E-state index < -0.39 is 0 Å². The summed E-state index contributed by atoms with van der Waals surface area (Å²) in [4.78, 5) is 15.3. The fourth-order valence-corrected chi connectivity index (χ4v) is 4.54. The number of rotatable bonds is 1. The SMILES string of the molecule is C[NH+]1CCc2c(sc3c2C(=O)N[C@H](c2ccc(F)cc2)N3)C1. The van der Waals surface area contributed by atoms with Crippen LogP contribution in [0.3, 0.4) is 0 Å². The quantitative estimate of drug-likeness (QED) is 0.742. The van der Waals surface area contributed by atoms with Gasteiger partial charge >= 0.3 is 0 Å². The predicted octanol–water partition coefficient (Wildman–Crippen LogP) is 1.31. The molecule has 0 fully saturated rings. The topological polar surface area (TPSA) is 45.6 Å². The Morgan fingerprint density at radius 1 is 1.27 bits per heavy atom. The number of carbonyl (C=O) groups is 1. The minimum atomic E-state index is -0.300. The lowest BCUT2D eigenvalue weighted by atomic mass is 10.0. The predicted molar refractivity (Wildman–Crippen MR) is 83.7 cm³/mol. The molecule has 0 saturated heterocycles. The van der Waals surface area contributed by atoms with Gasteiger partial charge in [-0.25, -0.2) is 4.39 Å². The summed E-state index contributed by atoms with van der Waals surface area (Å²) in [7, 11) is 2.18. The van der Waals surface area contributed by atoms with Crippen LogP contribution in [-0.2, 0) is 13.0 Å². The summed E-state index contributed by atoms with van der Waals surface area (Å²) in [6.07, 6.45) is 0.648. The van der Waals surface area contributed by atoms with Crippen LogP contribution in [0, 0.1) is 5.82 Å². The molecule has 0 bridgehead atoms. The van der Waals surface area contributed by atoms with E-state index in [0.29, 0.717) is 0 Å². The Labute approximate surface area is 131 Å². The molecule has 2 atom stereocenters. The van der Waals surface area contributed by atoms with Crippen LogP contribution in [0.25, 0.3) is 0 Å². The summed E-state index contributed by atoms with van der Waals surface area (Å²) in [5, 5.41) is 7.32. The number of likely N-dealkylation sites (N-methyl/N-ethyl adjacent to an activating group) is 1. The zero-order valence-electron chi connectivity index (χ0n) is 12.2. The van der Waals surface area contributed by atoms with E-state index in [1.807, 2.05) is 0 Å². The third kappa shape index (κ3) is 2.19. The van der Waals surface area contributed by atoms with Gasteiger partial charge in [-0.05, 0) is 23.3 Å². The lowest BCUT2D eigenvalue weighted by Gasteiger charge is -2.27. The van der Waals surface area contributed by atoms with Crippen molar-refractivity contribution in [2.45, 2.75) is 19.1 Å². The monoisotopic (exact) mass is 318 g/mol. The largest absolute Gasteiger partial charge is 0.353 e. The highest BCUT2D eigenvalue weighted by atomic mass is 32.1. The van der Waals surface area contributed by atoms with Crippen LogP contribution in [0.4, 0.5) is 9.39 Å². The van der Waals surface area contributed by atoms with Crippen molar-refractivity contribution in [3.8, 4) is 0 Å². The second kappa shape index (κ2) is 5.07. The number of carbonyl (C=O) groups excluding carboxylic acids is 1. The zero-order chi connectivity index (χ0) is 15.3. The van der Waals surface area contributed by atoms with Crippen LogP contribution in [0.5, 0.6) is 0 Å². The molecular weight excluding hydrogens is 301 g/mol. The number of benzene rings is 1. The molecule has 6 heteroatoms. The minimum Gasteiger partial charge on any atom is -0.353 e. The summed E-state index contributed by atoms with van der Waals surface area (Å²) >= 11 is 1.68. The van der Waals surface area contributed by atoms with Gasteiger partial charge in [-0.15, -0.1) is 11.3 Å². The van der Waals surface area contributed by atoms with Crippen molar-refractivity contribution in [2.75, 3.05) is 18.9 Å². The lowest BCUT2D eigenvalue weighted by molar-refractivity contribution is -0.895. The summed E-state index contributed by atoms with van der Waals surface area (Å²) in [6, 6.07) is 6.22. The normalized spacial score (nSPS) is 23.3. The molecule has 4 nitrogen and oxygen atoms in total. The van der Waals surface area contributed by atoms with E-state index in [1.54, 1.807) is 23.5 Å². The Morgan fingerprint density at radius 3 is 2.82 bits per heavy atom. The van der Waals surface area contributed by atoms with Crippen LogP contribution in [0.1, 0.15) is 32.5 Å². The fraction of sp³-hybridized carbons (Fsp3) is 0.312. The smallest absolute Gasteiger partial charge is 0.256 e. The first-order valence-electron chi connectivity index (χ1n) is 7.40. The number of halogens is 1. The molecule has 0 spiro atoms. The standard InChI is InChI=1S/C16H16FN3OS/c1-20-7-6-11-12(8-20)22-16-13(11)15(21)18-14(19-16)9-2-4-10(17)5-3-9/h2-5,14,19H,6-8H2,1H3,(H,18,21)/p+1/t14-/m0/s1. The summed E-state index contributed by atoms with van der Waals surface area (Å²) in [5.41, 5.74) is 2.87. The maximum absolute atomic E-state index is 13.1. The molecule has 1 aromatic carbocycles. The Morgan fingerprint density at radius 2 is 2.05 bits per heavy atom. The van der Waals surface area contributed by atoms with Crippen molar-refractivity contribution < 1.29 is 14.1 Å². The van der Waals surface area contributed by atoms with E-state index in [1.165, 1.54) is 27.5 Å². The van der Waals surface area contributed by atoms with Gasteiger partial charge < -0.3 is 15.5 Å². The van der Waals surface area contributed by atoms with Gasteiger partial charge in [-0.3, -0.25) is 4.79 Å². The summed E-state index contributed by atoms with van der Waals surface area (Å²) < 4.78 is 13.1. The first-order chi connectivity index (χ1) is 10.6. The zero-order valence-corrected chi connectivity index (χ0v) is 13.0. The number of nitrogens with one attached hydrogen (secondary N) is 3. The van der Waals surface area contributed by atoms with Crippen LogP contribution < -0.4 is 15.5 Å². The number of fused-ring (bicyclic) bond motifs is 3. The van der Waals surface area contributed by atoms with Crippen molar-refractivity contribution in [3.05, 3.63) is 51.7 Å². The van der Waals surface area contributed by atoms with Gasteiger partial charge in [0, 0.05) is 6.42 Å². The maximum Gasteiger partial charge on any atom is 0.256 e. The summed E-state index contributed by atoms with van der Waals surface area (Å²) in [5.74, 6) is -0.302. The van der Waals surface area contributed by atoms with E-state index in [0.717, 1.165) is 35.6 Å². The lowest BCUT2D eigenvalue weighted by Crippen LogP contribution is -3.08.